The Kier molecular flexibility index (Phi) is 28.4. The van der Waals surface area contributed by atoms with Crippen LogP contribution in [0.15, 0.2) is 0 Å². The summed E-state index contributed by atoms with van der Waals surface area (Å²) >= 11 is 0. The fourth-order valence-electron chi connectivity index (χ4n) is 2.28. The maximum Gasteiger partial charge on any atom is 0.000660 e. The lowest BCUT2D eigenvalue weighted by atomic mass is 9.89. The zero-order chi connectivity index (χ0) is 14.8. The Morgan fingerprint density at radius 2 is 1.28 bits per heavy atom. The van der Waals surface area contributed by atoms with Crippen molar-refractivity contribution in [3.05, 3.63) is 0 Å². The van der Waals surface area contributed by atoms with Crippen LogP contribution in [0.5, 0.6) is 0 Å². The third-order valence-corrected chi connectivity index (χ3v) is 2.90. The van der Waals surface area contributed by atoms with Gasteiger partial charge < -0.3 is 4.90 Å². The Labute approximate surface area is 118 Å². The van der Waals surface area contributed by atoms with Crippen molar-refractivity contribution in [1.82, 2.24) is 4.90 Å². The van der Waals surface area contributed by atoms with Crippen molar-refractivity contribution in [3.63, 3.8) is 0 Å². The van der Waals surface area contributed by atoms with Crippen LogP contribution >= 0.6 is 0 Å². The molecular weight excluding hydrogens is 218 g/mol. The quantitative estimate of drug-likeness (QED) is 0.599. The Morgan fingerprint density at radius 1 is 0.833 bits per heavy atom. The fourth-order valence-corrected chi connectivity index (χ4v) is 2.28. The maximum atomic E-state index is 2.50. The molecule has 0 saturated heterocycles. The van der Waals surface area contributed by atoms with Crippen molar-refractivity contribution in [2.45, 2.75) is 87.0 Å². The molecule has 0 bridgehead atoms. The van der Waals surface area contributed by atoms with E-state index in [0.29, 0.717) is 0 Å². The molecule has 0 heterocycles. The van der Waals surface area contributed by atoms with Crippen LogP contribution in [-0.4, -0.2) is 25.0 Å². The van der Waals surface area contributed by atoms with Gasteiger partial charge in [0.1, 0.15) is 0 Å². The number of hydrogen-bond donors (Lipinski definition) is 0. The first-order chi connectivity index (χ1) is 8.83. The van der Waals surface area contributed by atoms with Gasteiger partial charge in [-0.1, -0.05) is 67.7 Å². The highest BCUT2D eigenvalue weighted by atomic mass is 15.1. The monoisotopic (exact) mass is 259 g/mol. The van der Waals surface area contributed by atoms with Crippen LogP contribution in [0.3, 0.4) is 0 Å². The lowest BCUT2D eigenvalue weighted by Crippen LogP contribution is -2.27. The average Bonchev–Trinajstić information content (AvgIpc) is 2.47. The van der Waals surface area contributed by atoms with Gasteiger partial charge in [0, 0.05) is 6.54 Å². The standard InChI is InChI=1S/C11H23N.3C2H6/c1-3-9-12(2)10-11-7-5-4-6-8-11;3*1-2/h11H,3-10H2,1-2H3;3*1-2H3. The van der Waals surface area contributed by atoms with Gasteiger partial charge in [-0.2, -0.15) is 0 Å². The van der Waals surface area contributed by atoms with Crippen molar-refractivity contribution in [2.24, 2.45) is 5.92 Å². The second-order valence-electron chi connectivity index (χ2n) is 4.27. The molecule has 18 heavy (non-hydrogen) atoms. The van der Waals surface area contributed by atoms with Gasteiger partial charge in [-0.05, 0) is 38.8 Å². The SMILES string of the molecule is CC.CC.CC.CCCN(C)CC1CCCCC1. The predicted molar refractivity (Wildman–Crippen MR) is 88.4 cm³/mol. The molecule has 1 saturated carbocycles. The minimum atomic E-state index is 1.01. The largest absolute Gasteiger partial charge is 0.306 e. The second-order valence-corrected chi connectivity index (χ2v) is 4.27. The lowest BCUT2D eigenvalue weighted by molar-refractivity contribution is 0.234. The fraction of sp³-hybridized carbons (Fsp3) is 1.00. The molecule has 1 fully saturated rings. The summed E-state index contributed by atoms with van der Waals surface area (Å²) in [5.41, 5.74) is 0. The Morgan fingerprint density at radius 3 is 1.67 bits per heavy atom. The Bertz CT molecular complexity index is 106. The van der Waals surface area contributed by atoms with Gasteiger partial charge in [-0.25, -0.2) is 0 Å². The summed E-state index contributed by atoms with van der Waals surface area (Å²) in [5.74, 6) is 1.01. The van der Waals surface area contributed by atoms with Crippen LogP contribution in [0.2, 0.25) is 0 Å². The summed E-state index contributed by atoms with van der Waals surface area (Å²) in [6.07, 6.45) is 8.69. The molecule has 1 heteroatoms. The number of nitrogens with zero attached hydrogens (tertiary/aromatic N) is 1. The molecular formula is C17H41N. The van der Waals surface area contributed by atoms with Crippen LogP contribution in [0, 0.1) is 5.92 Å². The molecule has 0 spiro atoms. The first-order valence-electron chi connectivity index (χ1n) is 8.51. The first-order valence-corrected chi connectivity index (χ1v) is 8.51. The molecule has 0 atom stereocenters. The van der Waals surface area contributed by atoms with E-state index in [1.54, 1.807) is 0 Å². The van der Waals surface area contributed by atoms with Gasteiger partial charge in [0.05, 0.1) is 0 Å². The molecule has 0 aromatic rings. The summed E-state index contributed by atoms with van der Waals surface area (Å²) in [6, 6.07) is 0. The number of rotatable bonds is 4. The highest BCUT2D eigenvalue weighted by Crippen LogP contribution is 2.23. The topological polar surface area (TPSA) is 3.24 Å². The van der Waals surface area contributed by atoms with Gasteiger partial charge in [0.2, 0.25) is 0 Å². The van der Waals surface area contributed by atoms with Crippen LogP contribution in [0.4, 0.5) is 0 Å². The van der Waals surface area contributed by atoms with E-state index in [1.165, 1.54) is 51.6 Å². The third-order valence-electron chi connectivity index (χ3n) is 2.90. The van der Waals surface area contributed by atoms with Crippen LogP contribution in [0.25, 0.3) is 0 Å². The molecule has 0 aromatic carbocycles. The molecule has 1 nitrogen and oxygen atoms in total. The van der Waals surface area contributed by atoms with Crippen molar-refractivity contribution in [1.29, 1.82) is 0 Å². The van der Waals surface area contributed by atoms with Gasteiger partial charge in [0.25, 0.3) is 0 Å². The van der Waals surface area contributed by atoms with Gasteiger partial charge in [-0.15, -0.1) is 0 Å². The van der Waals surface area contributed by atoms with Gasteiger partial charge in [-0.3, -0.25) is 0 Å². The van der Waals surface area contributed by atoms with Crippen molar-refractivity contribution < 1.29 is 0 Å². The van der Waals surface area contributed by atoms with Crippen LogP contribution in [0.1, 0.15) is 87.0 Å². The zero-order valence-electron chi connectivity index (χ0n) is 14.7. The van der Waals surface area contributed by atoms with E-state index in [-0.39, 0.29) is 0 Å². The molecule has 114 valence electrons. The van der Waals surface area contributed by atoms with Crippen molar-refractivity contribution in [2.75, 3.05) is 20.1 Å². The summed E-state index contributed by atoms with van der Waals surface area (Å²) < 4.78 is 0. The predicted octanol–water partition coefficient (Wildman–Crippen LogP) is 5.99. The summed E-state index contributed by atoms with van der Waals surface area (Å²) in [7, 11) is 2.26. The molecule has 1 aliphatic rings. The molecule has 0 unspecified atom stereocenters. The highest BCUT2D eigenvalue weighted by molar-refractivity contribution is 4.68. The van der Waals surface area contributed by atoms with E-state index in [9.17, 15) is 0 Å². The molecule has 1 aliphatic carbocycles. The molecule has 0 amide bonds. The minimum Gasteiger partial charge on any atom is -0.306 e. The lowest BCUT2D eigenvalue weighted by Gasteiger charge is -2.26. The normalized spacial score (nSPS) is 14.5. The third kappa shape index (κ3) is 16.0. The van der Waals surface area contributed by atoms with Crippen molar-refractivity contribution >= 4 is 0 Å². The highest BCUT2D eigenvalue weighted by Gasteiger charge is 2.14. The maximum absolute atomic E-state index is 2.50. The summed E-state index contributed by atoms with van der Waals surface area (Å²) in [6.45, 7) is 16.9. The van der Waals surface area contributed by atoms with Gasteiger partial charge in [0.15, 0.2) is 0 Å². The molecule has 0 aliphatic heterocycles. The summed E-state index contributed by atoms with van der Waals surface area (Å²) in [5, 5.41) is 0. The van der Waals surface area contributed by atoms with Crippen LogP contribution in [-0.2, 0) is 0 Å². The molecule has 0 aromatic heterocycles. The smallest absolute Gasteiger partial charge is 0.000660 e. The zero-order valence-corrected chi connectivity index (χ0v) is 14.7. The molecule has 1 rings (SSSR count). The van der Waals surface area contributed by atoms with Crippen LogP contribution < -0.4 is 0 Å². The van der Waals surface area contributed by atoms with Crippen molar-refractivity contribution in [3.8, 4) is 0 Å². The van der Waals surface area contributed by atoms with E-state index in [4.69, 9.17) is 0 Å². The molecule has 0 radical (unpaired) electrons. The van der Waals surface area contributed by atoms with E-state index in [2.05, 4.69) is 18.9 Å². The Hall–Kier alpha value is -0.0400. The van der Waals surface area contributed by atoms with E-state index < -0.39 is 0 Å². The second kappa shape index (κ2) is 22.2. The van der Waals surface area contributed by atoms with E-state index in [0.717, 1.165) is 5.92 Å². The average molecular weight is 260 g/mol. The number of hydrogen-bond acceptors (Lipinski definition) is 1. The minimum absolute atomic E-state index is 1.01. The summed E-state index contributed by atoms with van der Waals surface area (Å²) in [4.78, 5) is 2.50. The van der Waals surface area contributed by atoms with E-state index in [1.807, 2.05) is 41.5 Å². The van der Waals surface area contributed by atoms with E-state index >= 15 is 0 Å². The molecule has 0 N–H and O–H groups in total. The Balaban J connectivity index is -0.000000328. The van der Waals surface area contributed by atoms with Gasteiger partial charge >= 0.3 is 0 Å². The first kappa shape index (κ1) is 23.1.